The smallest absolute Gasteiger partial charge is 0.223 e. The maximum atomic E-state index is 12.1. The van der Waals surface area contributed by atoms with Crippen LogP contribution in [-0.4, -0.2) is 25.5 Å². The Balaban J connectivity index is 1.65. The molecule has 0 aromatic heterocycles. The Morgan fingerprint density at radius 1 is 1.14 bits per heavy atom. The van der Waals surface area contributed by atoms with E-state index < -0.39 is 0 Å². The second kappa shape index (κ2) is 6.27. The number of likely N-dealkylation sites (N-methyl/N-ethyl adjacent to an activating group) is 1. The summed E-state index contributed by atoms with van der Waals surface area (Å²) in [6, 6.07) is 14.8. The first-order valence-corrected chi connectivity index (χ1v) is 7.77. The van der Waals surface area contributed by atoms with Crippen LogP contribution in [0.1, 0.15) is 24.8 Å². The molecule has 2 N–H and O–H groups in total. The van der Waals surface area contributed by atoms with E-state index in [1.807, 2.05) is 0 Å². The molecule has 21 heavy (non-hydrogen) atoms. The first kappa shape index (κ1) is 14.1. The summed E-state index contributed by atoms with van der Waals surface area (Å²) < 4.78 is 0. The van der Waals surface area contributed by atoms with Crippen molar-refractivity contribution in [3.63, 3.8) is 0 Å². The van der Waals surface area contributed by atoms with E-state index >= 15 is 0 Å². The lowest BCUT2D eigenvalue weighted by Crippen LogP contribution is -2.32. The Bertz CT molecular complexity index is 633. The molecule has 1 fully saturated rings. The van der Waals surface area contributed by atoms with Crippen molar-refractivity contribution in [1.82, 2.24) is 10.6 Å². The molecule has 2 atom stereocenters. The summed E-state index contributed by atoms with van der Waals surface area (Å²) in [5.74, 6) is 0.735. The van der Waals surface area contributed by atoms with Gasteiger partial charge >= 0.3 is 0 Å². The largest absolute Gasteiger partial charge is 0.355 e. The van der Waals surface area contributed by atoms with E-state index in [2.05, 4.69) is 60.0 Å². The number of amides is 1. The average molecular weight is 282 g/mol. The highest BCUT2D eigenvalue weighted by atomic mass is 16.2. The zero-order chi connectivity index (χ0) is 14.7. The van der Waals surface area contributed by atoms with Crippen molar-refractivity contribution in [1.29, 1.82) is 0 Å². The lowest BCUT2D eigenvalue weighted by Gasteiger charge is -2.07. The zero-order valence-electron chi connectivity index (χ0n) is 12.4. The minimum atomic E-state index is 0.150. The summed E-state index contributed by atoms with van der Waals surface area (Å²) in [6.07, 6.45) is 0.973. The molecule has 3 rings (SSSR count). The molecule has 3 heteroatoms. The minimum Gasteiger partial charge on any atom is -0.355 e. The molecular weight excluding hydrogens is 260 g/mol. The van der Waals surface area contributed by atoms with Crippen molar-refractivity contribution < 1.29 is 4.79 Å². The molecule has 2 aromatic carbocycles. The molecule has 0 radical (unpaired) electrons. The molecule has 0 saturated heterocycles. The molecule has 2 unspecified atom stereocenters. The molecule has 0 heterocycles. The van der Waals surface area contributed by atoms with Gasteiger partial charge in [0, 0.05) is 19.0 Å². The van der Waals surface area contributed by atoms with Crippen LogP contribution in [0, 0.1) is 5.92 Å². The van der Waals surface area contributed by atoms with Gasteiger partial charge in [0.2, 0.25) is 5.91 Å². The van der Waals surface area contributed by atoms with Crippen LogP contribution in [0.3, 0.4) is 0 Å². The van der Waals surface area contributed by atoms with Crippen molar-refractivity contribution in [2.75, 3.05) is 19.6 Å². The van der Waals surface area contributed by atoms with Crippen molar-refractivity contribution in [3.8, 4) is 0 Å². The second-order valence-corrected chi connectivity index (χ2v) is 5.66. The zero-order valence-corrected chi connectivity index (χ0v) is 12.4. The van der Waals surface area contributed by atoms with Gasteiger partial charge in [-0.25, -0.2) is 0 Å². The maximum Gasteiger partial charge on any atom is 0.223 e. The van der Waals surface area contributed by atoms with E-state index in [0.29, 0.717) is 12.5 Å². The number of carbonyl (C=O) groups is 1. The molecule has 110 valence electrons. The van der Waals surface area contributed by atoms with Crippen LogP contribution >= 0.6 is 0 Å². The average Bonchev–Trinajstić information content (AvgIpc) is 3.31. The van der Waals surface area contributed by atoms with Gasteiger partial charge in [-0.15, -0.1) is 0 Å². The first-order chi connectivity index (χ1) is 10.3. The third-order valence-corrected chi connectivity index (χ3v) is 4.20. The third kappa shape index (κ3) is 3.08. The van der Waals surface area contributed by atoms with Crippen LogP contribution in [0.4, 0.5) is 0 Å². The van der Waals surface area contributed by atoms with Gasteiger partial charge in [0.05, 0.1) is 0 Å². The summed E-state index contributed by atoms with van der Waals surface area (Å²) in [4.78, 5) is 12.1. The lowest BCUT2D eigenvalue weighted by atomic mass is 10.00. The predicted octanol–water partition coefficient (Wildman–Crippen LogP) is 2.67. The Morgan fingerprint density at radius 2 is 1.95 bits per heavy atom. The lowest BCUT2D eigenvalue weighted by molar-refractivity contribution is -0.122. The van der Waals surface area contributed by atoms with Crippen LogP contribution in [0.5, 0.6) is 0 Å². The highest BCUT2D eigenvalue weighted by Crippen LogP contribution is 2.49. The Kier molecular flexibility index (Phi) is 4.20. The number of fused-ring (bicyclic) bond motifs is 1. The van der Waals surface area contributed by atoms with Gasteiger partial charge in [-0.05, 0) is 35.2 Å². The van der Waals surface area contributed by atoms with Gasteiger partial charge in [0.1, 0.15) is 0 Å². The van der Waals surface area contributed by atoms with E-state index in [1.54, 1.807) is 0 Å². The van der Waals surface area contributed by atoms with Gasteiger partial charge in [0.15, 0.2) is 0 Å². The number of hydrogen-bond donors (Lipinski definition) is 2. The number of nitrogens with one attached hydrogen (secondary N) is 2. The monoisotopic (exact) mass is 282 g/mol. The Hall–Kier alpha value is -1.87. The van der Waals surface area contributed by atoms with Crippen LogP contribution in [0.25, 0.3) is 10.8 Å². The van der Waals surface area contributed by atoms with Crippen molar-refractivity contribution in [2.24, 2.45) is 5.92 Å². The van der Waals surface area contributed by atoms with E-state index in [1.165, 1.54) is 16.3 Å². The standard InChI is InChI=1S/C18H22N2O/c1-2-19-10-11-20-18(21)17-12-16(17)15-9-5-7-13-6-3-4-8-14(13)15/h3-9,16-17,19H,2,10-12H2,1H3,(H,20,21). The molecular formula is C18H22N2O. The van der Waals surface area contributed by atoms with Gasteiger partial charge in [-0.1, -0.05) is 49.4 Å². The summed E-state index contributed by atoms with van der Waals surface area (Å²) in [5.41, 5.74) is 1.32. The van der Waals surface area contributed by atoms with Crippen molar-refractivity contribution >= 4 is 16.7 Å². The van der Waals surface area contributed by atoms with Crippen LogP contribution in [0.2, 0.25) is 0 Å². The molecule has 0 bridgehead atoms. The van der Waals surface area contributed by atoms with Gasteiger partial charge in [-0.2, -0.15) is 0 Å². The topological polar surface area (TPSA) is 41.1 Å². The maximum absolute atomic E-state index is 12.1. The molecule has 3 nitrogen and oxygen atoms in total. The molecule has 0 aliphatic heterocycles. The summed E-state index contributed by atoms with van der Waals surface area (Å²) in [7, 11) is 0. The summed E-state index contributed by atoms with van der Waals surface area (Å²) >= 11 is 0. The Morgan fingerprint density at radius 3 is 2.81 bits per heavy atom. The summed E-state index contributed by atoms with van der Waals surface area (Å²) in [5, 5.41) is 8.78. The second-order valence-electron chi connectivity index (χ2n) is 5.66. The van der Waals surface area contributed by atoms with Gasteiger partial charge in [-0.3, -0.25) is 4.79 Å². The molecule has 0 spiro atoms. The van der Waals surface area contributed by atoms with Crippen molar-refractivity contribution in [3.05, 3.63) is 48.0 Å². The number of benzene rings is 2. The highest BCUT2D eigenvalue weighted by Gasteiger charge is 2.44. The van der Waals surface area contributed by atoms with E-state index in [-0.39, 0.29) is 11.8 Å². The fourth-order valence-electron chi connectivity index (χ4n) is 2.98. The molecule has 1 aliphatic carbocycles. The van der Waals surface area contributed by atoms with E-state index in [9.17, 15) is 4.79 Å². The molecule has 2 aromatic rings. The number of carbonyl (C=O) groups excluding carboxylic acids is 1. The fraction of sp³-hybridized carbons (Fsp3) is 0.389. The summed E-state index contributed by atoms with van der Waals surface area (Å²) in [6.45, 7) is 4.57. The van der Waals surface area contributed by atoms with E-state index in [0.717, 1.165) is 19.5 Å². The minimum absolute atomic E-state index is 0.150. The highest BCUT2D eigenvalue weighted by molar-refractivity contribution is 5.89. The fourth-order valence-corrected chi connectivity index (χ4v) is 2.98. The first-order valence-electron chi connectivity index (χ1n) is 7.77. The van der Waals surface area contributed by atoms with Crippen molar-refractivity contribution in [2.45, 2.75) is 19.3 Å². The molecule has 1 amide bonds. The quantitative estimate of drug-likeness (QED) is 0.800. The number of hydrogen-bond acceptors (Lipinski definition) is 2. The normalized spacial score (nSPS) is 20.4. The van der Waals surface area contributed by atoms with Crippen LogP contribution in [0.15, 0.2) is 42.5 Å². The Labute approximate surface area is 125 Å². The number of rotatable bonds is 6. The van der Waals surface area contributed by atoms with Crippen LogP contribution < -0.4 is 10.6 Å². The van der Waals surface area contributed by atoms with Gasteiger partial charge < -0.3 is 10.6 Å². The molecule has 1 aliphatic rings. The van der Waals surface area contributed by atoms with Crippen LogP contribution in [-0.2, 0) is 4.79 Å². The SMILES string of the molecule is CCNCCNC(=O)C1CC1c1cccc2ccccc12. The van der Waals surface area contributed by atoms with Gasteiger partial charge in [0.25, 0.3) is 0 Å². The van der Waals surface area contributed by atoms with E-state index in [4.69, 9.17) is 0 Å². The molecule has 1 saturated carbocycles. The third-order valence-electron chi connectivity index (χ3n) is 4.20. The predicted molar refractivity (Wildman–Crippen MR) is 86.3 cm³/mol.